The molecule has 0 aliphatic rings. The van der Waals surface area contributed by atoms with Gasteiger partial charge in [-0.2, -0.15) is 0 Å². The fourth-order valence-electron chi connectivity index (χ4n) is 11.7. The number of esters is 4. The molecule has 0 saturated carbocycles. The summed E-state index contributed by atoms with van der Waals surface area (Å²) in [4.78, 5) is 85.8. The lowest BCUT2D eigenvalue weighted by Crippen LogP contribution is -2.43. The first kappa shape index (κ1) is 126. The number of ether oxygens (including phenoxy) is 4. The van der Waals surface area contributed by atoms with Crippen molar-refractivity contribution in [2.45, 2.75) is 122 Å². The van der Waals surface area contributed by atoms with Crippen LogP contribution < -0.4 is 95.8 Å². The number of hydrogen-bond acceptors (Lipinski definition) is 38. The fraction of sp³-hybridized carbons (Fsp3) is 0.939. The Kier molecular flexibility index (Phi) is 102. The quantitative estimate of drug-likeness (QED) is 0.0117. The molecule has 0 fully saturated rings. The summed E-state index contributed by atoms with van der Waals surface area (Å²) in [6.07, 6.45) is 18.8. The molecule has 0 spiro atoms. The summed E-state index contributed by atoms with van der Waals surface area (Å²) >= 11 is 0. The number of rotatable bonds is 83. The van der Waals surface area contributed by atoms with Crippen molar-refractivity contribution in [2.24, 2.45) is 74.5 Å². The number of nitrogens with two attached hydrogens (primary N) is 13. The van der Waals surface area contributed by atoms with E-state index in [-0.39, 0.29) is 29.8 Å². The number of carbonyl (C=O) groups excluding carboxylic acids is 5. The van der Waals surface area contributed by atoms with Crippen LogP contribution in [0.1, 0.15) is 122 Å². The van der Waals surface area contributed by atoms with Crippen molar-refractivity contribution in [1.82, 2.24) is 85.0 Å². The molecule has 30 N–H and O–H groups in total. The van der Waals surface area contributed by atoms with E-state index in [4.69, 9.17) is 93.5 Å². The number of nitrogens with one attached hydrogen (secondary N) is 4. The monoisotopic (exact) mass is 1740 g/mol. The summed E-state index contributed by atoms with van der Waals surface area (Å²) in [6.45, 7) is 36.4. The van der Waals surface area contributed by atoms with Gasteiger partial charge < -0.3 is 134 Å². The Bertz CT molecular complexity index is 2080. The van der Waals surface area contributed by atoms with Gasteiger partial charge in [0, 0.05) is 65.4 Å². The standard InChI is InChI=1S/C23H55N9O.2C17H40N6O2.C14H33N5O2.C11H26N4O2/c1-29(2)21-23(33)28-22-32(19-7-17-30(13-3-9-24)14-4-10-25)20-8-18-31(15-5-11-26)16-6-12-27;1-21(2)15-17(24)25-16-23(12-5-9-20)14-6-13-22(10-3-7-18)11-4-8-19;1-22(2)15-17(24)25-16-23(13-5-11-20-9-3-7-18)14-6-12-21-10-4-8-19;1-18(2)12-14(20)21-13-19(10-4-7-16)11-5-9-17-8-3-6-15;1-14(2)9-11(16)17-10-15(7-3-5-12)8-4-6-13/h3-22,24-27H2,1-2H3,(H,28,33);3-16,18-20H2,1-2H3;20-21H,3-16,18-19H2,1-2H3;17H,3-13,15-16H2,1-2H3;3-10,12-13H2,1-2H3. The molecule has 0 bridgehead atoms. The van der Waals surface area contributed by atoms with Gasteiger partial charge in [0.1, 0.15) is 26.9 Å². The van der Waals surface area contributed by atoms with E-state index in [9.17, 15) is 24.0 Å². The predicted molar refractivity (Wildman–Crippen MR) is 501 cm³/mol. The molecular weight excluding hydrogens is 1550 g/mol. The Morgan fingerprint density at radius 2 is 0.372 bits per heavy atom. The zero-order valence-corrected chi connectivity index (χ0v) is 78.9. The summed E-state index contributed by atoms with van der Waals surface area (Å²) in [5, 5.41) is 13.2. The maximum Gasteiger partial charge on any atom is 0.321 e. The van der Waals surface area contributed by atoms with Gasteiger partial charge in [-0.15, -0.1) is 0 Å². The Hall–Kier alpha value is -3.81. The van der Waals surface area contributed by atoms with E-state index in [2.05, 4.69) is 60.5 Å². The molecule has 0 aliphatic carbocycles. The molecule has 0 aromatic carbocycles. The van der Waals surface area contributed by atoms with Crippen LogP contribution >= 0.6 is 0 Å². The van der Waals surface area contributed by atoms with E-state index in [1.165, 1.54) is 0 Å². The molecule has 0 aromatic rings. The van der Waals surface area contributed by atoms with Gasteiger partial charge in [0.25, 0.3) is 0 Å². The Balaban J connectivity index is -0.000000471. The third-order valence-electron chi connectivity index (χ3n) is 18.2. The van der Waals surface area contributed by atoms with E-state index < -0.39 is 0 Å². The van der Waals surface area contributed by atoms with Crippen molar-refractivity contribution >= 4 is 29.8 Å². The second-order valence-corrected chi connectivity index (χ2v) is 31.9. The Labute approximate surface area is 736 Å². The highest BCUT2D eigenvalue weighted by molar-refractivity contribution is 5.77. The van der Waals surface area contributed by atoms with Crippen molar-refractivity contribution in [3.05, 3.63) is 0 Å². The van der Waals surface area contributed by atoms with Crippen LogP contribution in [-0.2, 0) is 42.9 Å². The van der Waals surface area contributed by atoms with E-state index >= 15 is 0 Å². The van der Waals surface area contributed by atoms with E-state index in [0.717, 1.165) is 305 Å². The number of amides is 1. The molecule has 0 aliphatic heterocycles. The molecule has 0 rings (SSSR count). The topological polar surface area (TPSA) is 551 Å². The maximum absolute atomic E-state index is 12.2. The van der Waals surface area contributed by atoms with E-state index in [1.54, 1.807) is 14.7 Å². The molecule has 39 nitrogen and oxygen atoms in total. The first-order chi connectivity index (χ1) is 58.3. The highest BCUT2D eigenvalue weighted by Crippen LogP contribution is 2.06. The Morgan fingerprint density at radius 3 is 0.570 bits per heavy atom. The normalized spacial score (nSPS) is 11.6. The summed E-state index contributed by atoms with van der Waals surface area (Å²) in [6, 6.07) is 0. The molecule has 0 heterocycles. The van der Waals surface area contributed by atoms with E-state index in [0.29, 0.717) is 132 Å². The van der Waals surface area contributed by atoms with E-state index in [1.807, 2.05) is 80.3 Å². The first-order valence-corrected chi connectivity index (χ1v) is 45.4. The number of hydrogen-bond donors (Lipinski definition) is 17. The van der Waals surface area contributed by atoms with Crippen LogP contribution in [0.5, 0.6) is 0 Å². The maximum atomic E-state index is 12.2. The molecule has 1 amide bonds. The average molecular weight is 1740 g/mol. The second-order valence-electron chi connectivity index (χ2n) is 31.9. The van der Waals surface area contributed by atoms with Crippen molar-refractivity contribution in [3.63, 3.8) is 0 Å². The highest BCUT2D eigenvalue weighted by Gasteiger charge is 2.17. The van der Waals surface area contributed by atoms with Gasteiger partial charge in [-0.05, 0) is 376 Å². The first-order valence-electron chi connectivity index (χ1n) is 45.4. The predicted octanol–water partition coefficient (Wildman–Crippen LogP) is -5.12. The van der Waals surface area contributed by atoms with Crippen LogP contribution in [0.15, 0.2) is 0 Å². The third-order valence-corrected chi connectivity index (χ3v) is 18.2. The van der Waals surface area contributed by atoms with Crippen LogP contribution in [0.4, 0.5) is 0 Å². The number of carbonyl (C=O) groups is 5. The molecule has 121 heavy (non-hydrogen) atoms. The second kappa shape index (κ2) is 98.4. The van der Waals surface area contributed by atoms with Gasteiger partial charge in [-0.3, -0.25) is 68.1 Å². The summed E-state index contributed by atoms with van der Waals surface area (Å²) < 4.78 is 21.2. The van der Waals surface area contributed by atoms with Gasteiger partial charge in [-0.25, -0.2) is 0 Å². The van der Waals surface area contributed by atoms with Crippen molar-refractivity contribution < 1.29 is 42.9 Å². The van der Waals surface area contributed by atoms with Crippen molar-refractivity contribution in [1.29, 1.82) is 0 Å². The minimum Gasteiger partial charge on any atom is -0.449 e. The van der Waals surface area contributed by atoms with Gasteiger partial charge in [-0.1, -0.05) is 0 Å². The number of nitrogens with zero attached hydrogens (tertiary/aromatic N) is 13. The lowest BCUT2D eigenvalue weighted by Gasteiger charge is -2.28. The van der Waals surface area contributed by atoms with Crippen molar-refractivity contribution in [3.8, 4) is 0 Å². The smallest absolute Gasteiger partial charge is 0.321 e. The molecule has 39 heteroatoms. The summed E-state index contributed by atoms with van der Waals surface area (Å²) in [5.74, 6) is -0.725. The van der Waals surface area contributed by atoms with Crippen LogP contribution in [0.3, 0.4) is 0 Å². The minimum atomic E-state index is -0.208. The molecule has 0 radical (unpaired) electrons. The molecule has 0 unspecified atom stereocenters. The molecule has 0 aromatic heterocycles. The van der Waals surface area contributed by atoms with Gasteiger partial charge in [0.05, 0.1) is 39.4 Å². The number of likely N-dealkylation sites (N-methyl/N-ethyl adjacent to an activating group) is 5. The SMILES string of the molecule is CN(C)CC(=O)NCN(CCCN(CCCN)CCCN)CCCN(CCCN)CCCN.CN(C)CC(=O)OCN(CCCN)CCCN.CN(C)CC(=O)OCN(CCCN)CCCN(CCCN)CCCN.CN(C)CC(=O)OCN(CCCN)CCCNCCCN.CN(C)CC(=O)OCN(CCCNCCCN)CCCNCCCN. The zero-order chi connectivity index (χ0) is 91.4. The third kappa shape index (κ3) is 99.8. The fourth-order valence-corrected chi connectivity index (χ4v) is 11.7. The van der Waals surface area contributed by atoms with Crippen LogP contribution in [0, 0.1) is 0 Å². The van der Waals surface area contributed by atoms with Crippen LogP contribution in [0.25, 0.3) is 0 Å². The summed E-state index contributed by atoms with van der Waals surface area (Å²) in [5.41, 5.74) is 72.5. The van der Waals surface area contributed by atoms with Gasteiger partial charge in [0.15, 0.2) is 0 Å². The van der Waals surface area contributed by atoms with Crippen molar-refractivity contribution in [2.75, 3.05) is 385 Å². The molecule has 0 atom stereocenters. The average Bonchev–Trinajstić information content (AvgIpc) is 0.993. The molecule has 726 valence electrons. The Morgan fingerprint density at radius 1 is 0.207 bits per heavy atom. The minimum absolute atomic E-state index is 0.0602. The lowest BCUT2D eigenvalue weighted by molar-refractivity contribution is -0.150. The largest absolute Gasteiger partial charge is 0.449 e. The van der Waals surface area contributed by atoms with Gasteiger partial charge in [0.2, 0.25) is 5.91 Å². The van der Waals surface area contributed by atoms with Crippen LogP contribution in [-0.4, -0.2) is 479 Å². The zero-order valence-electron chi connectivity index (χ0n) is 78.9. The molecular formula is C82H194N30O9. The van der Waals surface area contributed by atoms with Crippen LogP contribution in [0.2, 0.25) is 0 Å². The van der Waals surface area contributed by atoms with Gasteiger partial charge >= 0.3 is 23.9 Å². The molecule has 0 saturated heterocycles. The lowest BCUT2D eigenvalue weighted by atomic mass is 10.2. The highest BCUT2D eigenvalue weighted by atomic mass is 16.6. The summed E-state index contributed by atoms with van der Waals surface area (Å²) in [7, 11) is 18.6.